The Balaban J connectivity index is 3.19. The Morgan fingerprint density at radius 2 is 2.12 bits per heavy atom. The van der Waals surface area contributed by atoms with Gasteiger partial charge in [0, 0.05) is 11.6 Å². The van der Waals surface area contributed by atoms with Crippen molar-refractivity contribution in [3.8, 4) is 0 Å². The molecule has 0 heterocycles. The van der Waals surface area contributed by atoms with Gasteiger partial charge in [-0.1, -0.05) is 19.9 Å². The zero-order chi connectivity index (χ0) is 12.3. The smallest absolute Gasteiger partial charge is 0.335 e. The number of nitro groups is 1. The van der Waals surface area contributed by atoms with E-state index >= 15 is 0 Å². The summed E-state index contributed by atoms with van der Waals surface area (Å²) in [5.41, 5.74) is 0.401. The lowest BCUT2D eigenvalue weighted by Crippen LogP contribution is -2.03. The summed E-state index contributed by atoms with van der Waals surface area (Å²) in [6.07, 6.45) is 0.566. The monoisotopic (exact) mass is 223 g/mol. The van der Waals surface area contributed by atoms with Gasteiger partial charge in [-0.05, 0) is 18.4 Å². The van der Waals surface area contributed by atoms with E-state index in [1.54, 1.807) is 0 Å². The van der Waals surface area contributed by atoms with E-state index in [9.17, 15) is 14.9 Å². The molecule has 0 fully saturated rings. The van der Waals surface area contributed by atoms with Crippen LogP contribution in [0.3, 0.4) is 0 Å². The summed E-state index contributed by atoms with van der Waals surface area (Å²) in [5, 5.41) is 19.5. The van der Waals surface area contributed by atoms with Gasteiger partial charge in [0.25, 0.3) is 5.69 Å². The number of benzene rings is 1. The minimum absolute atomic E-state index is 0.0563. The molecule has 0 aliphatic rings. The molecule has 0 saturated heterocycles. The van der Waals surface area contributed by atoms with Crippen molar-refractivity contribution in [2.45, 2.75) is 20.3 Å². The van der Waals surface area contributed by atoms with E-state index < -0.39 is 10.9 Å². The summed E-state index contributed by atoms with van der Waals surface area (Å²) < 4.78 is 0. The molecule has 86 valence electrons. The standard InChI is InChI=1S/C11H13NO4/c1-7(2)5-8-3-4-9(11(13)14)6-10(8)12(15)16/h3-4,6-7H,5H2,1-2H3,(H,13,14). The first-order chi connectivity index (χ1) is 7.41. The first kappa shape index (κ1) is 12.2. The van der Waals surface area contributed by atoms with Crippen LogP contribution in [0.1, 0.15) is 29.8 Å². The predicted molar refractivity (Wildman–Crippen MR) is 58.6 cm³/mol. The van der Waals surface area contributed by atoms with Crippen LogP contribution >= 0.6 is 0 Å². The van der Waals surface area contributed by atoms with E-state index in [4.69, 9.17) is 5.11 Å². The molecular weight excluding hydrogens is 210 g/mol. The summed E-state index contributed by atoms with van der Waals surface area (Å²) >= 11 is 0. The van der Waals surface area contributed by atoms with Crippen molar-refractivity contribution in [3.05, 3.63) is 39.4 Å². The minimum Gasteiger partial charge on any atom is -0.478 e. The first-order valence-electron chi connectivity index (χ1n) is 4.92. The third-order valence-electron chi connectivity index (χ3n) is 2.16. The Hall–Kier alpha value is -1.91. The molecule has 0 spiro atoms. The Kier molecular flexibility index (Phi) is 3.60. The second-order valence-corrected chi connectivity index (χ2v) is 4.00. The summed E-state index contributed by atoms with van der Waals surface area (Å²) in [7, 11) is 0. The van der Waals surface area contributed by atoms with Gasteiger partial charge < -0.3 is 5.11 Å². The molecule has 16 heavy (non-hydrogen) atoms. The second kappa shape index (κ2) is 4.74. The van der Waals surface area contributed by atoms with E-state index in [0.717, 1.165) is 6.07 Å². The van der Waals surface area contributed by atoms with Crippen molar-refractivity contribution in [1.29, 1.82) is 0 Å². The Bertz CT molecular complexity index is 426. The van der Waals surface area contributed by atoms with Crippen LogP contribution in [0.2, 0.25) is 0 Å². The van der Waals surface area contributed by atoms with E-state index in [1.807, 2.05) is 13.8 Å². The molecular formula is C11H13NO4. The van der Waals surface area contributed by atoms with Crippen LogP contribution in [0.5, 0.6) is 0 Å². The first-order valence-corrected chi connectivity index (χ1v) is 4.92. The number of aromatic carboxylic acids is 1. The molecule has 1 N–H and O–H groups in total. The molecule has 1 aromatic carbocycles. The highest BCUT2D eigenvalue weighted by molar-refractivity contribution is 5.88. The number of nitrogens with zero attached hydrogens (tertiary/aromatic N) is 1. The van der Waals surface area contributed by atoms with Gasteiger partial charge in [0.2, 0.25) is 0 Å². The highest BCUT2D eigenvalue weighted by Crippen LogP contribution is 2.23. The summed E-state index contributed by atoms with van der Waals surface area (Å²) in [6, 6.07) is 4.02. The Morgan fingerprint density at radius 1 is 1.50 bits per heavy atom. The van der Waals surface area contributed by atoms with Gasteiger partial charge in [0.1, 0.15) is 0 Å². The molecule has 0 unspecified atom stereocenters. The van der Waals surface area contributed by atoms with Crippen LogP contribution in [0.4, 0.5) is 5.69 Å². The number of carboxylic acid groups (broad SMARTS) is 1. The average Bonchev–Trinajstić information content (AvgIpc) is 2.16. The van der Waals surface area contributed by atoms with Crippen LogP contribution in [-0.2, 0) is 6.42 Å². The summed E-state index contributed by atoms with van der Waals surface area (Å²) in [5.74, 6) is -0.867. The van der Waals surface area contributed by atoms with Crippen molar-refractivity contribution < 1.29 is 14.8 Å². The highest BCUT2D eigenvalue weighted by atomic mass is 16.6. The predicted octanol–water partition coefficient (Wildman–Crippen LogP) is 2.49. The van der Waals surface area contributed by atoms with Crippen LogP contribution in [0.15, 0.2) is 18.2 Å². The highest BCUT2D eigenvalue weighted by Gasteiger charge is 2.17. The van der Waals surface area contributed by atoms with Gasteiger partial charge in [0.05, 0.1) is 10.5 Å². The van der Waals surface area contributed by atoms with Crippen molar-refractivity contribution >= 4 is 11.7 Å². The number of rotatable bonds is 4. The molecule has 5 nitrogen and oxygen atoms in total. The van der Waals surface area contributed by atoms with Crippen LogP contribution in [0.25, 0.3) is 0 Å². The summed E-state index contributed by atoms with van der Waals surface area (Å²) in [4.78, 5) is 20.9. The molecule has 0 aromatic heterocycles. The van der Waals surface area contributed by atoms with Gasteiger partial charge >= 0.3 is 5.97 Å². The van der Waals surface area contributed by atoms with Gasteiger partial charge in [-0.25, -0.2) is 4.79 Å². The zero-order valence-electron chi connectivity index (χ0n) is 9.14. The number of hydrogen-bond donors (Lipinski definition) is 1. The van der Waals surface area contributed by atoms with E-state index in [-0.39, 0.29) is 17.2 Å². The van der Waals surface area contributed by atoms with Crippen molar-refractivity contribution in [3.63, 3.8) is 0 Å². The number of carboxylic acids is 1. The lowest BCUT2D eigenvalue weighted by atomic mass is 10.00. The fourth-order valence-corrected chi connectivity index (χ4v) is 1.48. The third kappa shape index (κ3) is 2.79. The number of carbonyl (C=O) groups is 1. The largest absolute Gasteiger partial charge is 0.478 e. The van der Waals surface area contributed by atoms with Crippen LogP contribution < -0.4 is 0 Å². The van der Waals surface area contributed by atoms with E-state index in [1.165, 1.54) is 12.1 Å². The minimum atomic E-state index is -1.15. The topological polar surface area (TPSA) is 80.4 Å². The molecule has 0 atom stereocenters. The van der Waals surface area contributed by atoms with Crippen LogP contribution in [0, 0.1) is 16.0 Å². The lowest BCUT2D eigenvalue weighted by molar-refractivity contribution is -0.385. The molecule has 0 saturated carbocycles. The van der Waals surface area contributed by atoms with Gasteiger partial charge in [-0.3, -0.25) is 10.1 Å². The van der Waals surface area contributed by atoms with Gasteiger partial charge in [-0.2, -0.15) is 0 Å². The van der Waals surface area contributed by atoms with Crippen LogP contribution in [-0.4, -0.2) is 16.0 Å². The zero-order valence-corrected chi connectivity index (χ0v) is 9.14. The Labute approximate surface area is 92.9 Å². The molecule has 1 aromatic rings. The molecule has 1 rings (SSSR count). The molecule has 5 heteroatoms. The molecule has 0 bridgehead atoms. The number of hydrogen-bond acceptors (Lipinski definition) is 3. The second-order valence-electron chi connectivity index (χ2n) is 4.00. The number of nitro benzene ring substituents is 1. The molecule has 0 radical (unpaired) electrons. The third-order valence-corrected chi connectivity index (χ3v) is 2.16. The molecule has 0 aliphatic carbocycles. The van der Waals surface area contributed by atoms with Crippen molar-refractivity contribution in [1.82, 2.24) is 0 Å². The lowest BCUT2D eigenvalue weighted by Gasteiger charge is -2.06. The summed E-state index contributed by atoms with van der Waals surface area (Å²) in [6.45, 7) is 3.91. The molecule has 0 amide bonds. The van der Waals surface area contributed by atoms with Crippen molar-refractivity contribution in [2.24, 2.45) is 5.92 Å². The maximum absolute atomic E-state index is 10.8. The SMILES string of the molecule is CC(C)Cc1ccc(C(=O)O)cc1[N+](=O)[O-]. The normalized spacial score (nSPS) is 10.4. The maximum Gasteiger partial charge on any atom is 0.335 e. The van der Waals surface area contributed by atoms with E-state index in [0.29, 0.717) is 12.0 Å². The molecule has 0 aliphatic heterocycles. The fourth-order valence-electron chi connectivity index (χ4n) is 1.48. The van der Waals surface area contributed by atoms with Crippen molar-refractivity contribution in [2.75, 3.05) is 0 Å². The Morgan fingerprint density at radius 3 is 2.56 bits per heavy atom. The van der Waals surface area contributed by atoms with Gasteiger partial charge in [0.15, 0.2) is 0 Å². The van der Waals surface area contributed by atoms with Gasteiger partial charge in [-0.15, -0.1) is 0 Å². The average molecular weight is 223 g/mol. The quantitative estimate of drug-likeness (QED) is 0.628. The maximum atomic E-state index is 10.8. The van der Waals surface area contributed by atoms with E-state index in [2.05, 4.69) is 0 Å². The fraction of sp³-hybridized carbons (Fsp3) is 0.364.